The Balaban J connectivity index is 1.96. The van der Waals surface area contributed by atoms with Gasteiger partial charge in [-0.15, -0.1) is 0 Å². The van der Waals surface area contributed by atoms with E-state index in [-0.39, 0.29) is 23.9 Å². The maximum Gasteiger partial charge on any atom is 0.251 e. The fourth-order valence-corrected chi connectivity index (χ4v) is 1.80. The third-order valence-electron chi connectivity index (χ3n) is 2.61. The number of imidazole rings is 1. The molecule has 6 heteroatoms. The molecule has 106 valence electrons. The number of nitrogens with one attached hydrogen (secondary N) is 3. The van der Waals surface area contributed by atoms with Crippen LogP contribution in [0, 0.1) is 0 Å². The summed E-state index contributed by atoms with van der Waals surface area (Å²) in [7, 11) is 0. The monoisotopic (exact) mass is 274 g/mol. The van der Waals surface area contributed by atoms with Crippen LogP contribution < -0.4 is 10.6 Å². The SMILES string of the molecule is CC(C)(C)NC(=O)CNC(=O)c1ccc2nc[nH]c2c1. The first kappa shape index (κ1) is 14.0. The zero-order valence-corrected chi connectivity index (χ0v) is 11.8. The van der Waals surface area contributed by atoms with Crippen LogP contribution in [0.4, 0.5) is 0 Å². The maximum absolute atomic E-state index is 12.0. The van der Waals surface area contributed by atoms with Gasteiger partial charge in [-0.05, 0) is 39.0 Å². The number of rotatable bonds is 3. The van der Waals surface area contributed by atoms with Crippen molar-refractivity contribution in [1.29, 1.82) is 0 Å². The van der Waals surface area contributed by atoms with Crippen LogP contribution in [-0.2, 0) is 4.79 Å². The average Bonchev–Trinajstić information content (AvgIpc) is 2.80. The third-order valence-corrected chi connectivity index (χ3v) is 2.61. The maximum atomic E-state index is 12.0. The fraction of sp³-hybridized carbons (Fsp3) is 0.357. The van der Waals surface area contributed by atoms with Gasteiger partial charge in [0.2, 0.25) is 5.91 Å². The van der Waals surface area contributed by atoms with Gasteiger partial charge in [0, 0.05) is 11.1 Å². The predicted octanol–water partition coefficient (Wildman–Crippen LogP) is 1.21. The van der Waals surface area contributed by atoms with E-state index in [1.807, 2.05) is 20.8 Å². The molecule has 0 fully saturated rings. The molecule has 20 heavy (non-hydrogen) atoms. The molecule has 0 aliphatic rings. The summed E-state index contributed by atoms with van der Waals surface area (Å²) in [6, 6.07) is 5.15. The highest BCUT2D eigenvalue weighted by atomic mass is 16.2. The van der Waals surface area contributed by atoms with Gasteiger partial charge in [-0.3, -0.25) is 9.59 Å². The van der Waals surface area contributed by atoms with Crippen molar-refractivity contribution < 1.29 is 9.59 Å². The number of fused-ring (bicyclic) bond motifs is 1. The van der Waals surface area contributed by atoms with Gasteiger partial charge < -0.3 is 15.6 Å². The highest BCUT2D eigenvalue weighted by Gasteiger charge is 2.14. The largest absolute Gasteiger partial charge is 0.350 e. The number of aromatic nitrogens is 2. The summed E-state index contributed by atoms with van der Waals surface area (Å²) in [5.74, 6) is -0.501. The molecule has 6 nitrogen and oxygen atoms in total. The van der Waals surface area contributed by atoms with Crippen molar-refractivity contribution in [2.45, 2.75) is 26.3 Å². The average molecular weight is 274 g/mol. The minimum Gasteiger partial charge on any atom is -0.350 e. The number of H-pyrrole nitrogens is 1. The summed E-state index contributed by atoms with van der Waals surface area (Å²) < 4.78 is 0. The van der Waals surface area contributed by atoms with E-state index in [4.69, 9.17) is 0 Å². The van der Waals surface area contributed by atoms with Crippen LogP contribution >= 0.6 is 0 Å². The number of hydrogen-bond donors (Lipinski definition) is 3. The van der Waals surface area contributed by atoms with Crippen LogP contribution in [0.15, 0.2) is 24.5 Å². The van der Waals surface area contributed by atoms with Crippen LogP contribution in [0.3, 0.4) is 0 Å². The van der Waals surface area contributed by atoms with Crippen LogP contribution in [0.5, 0.6) is 0 Å². The van der Waals surface area contributed by atoms with E-state index in [0.29, 0.717) is 5.56 Å². The summed E-state index contributed by atoms with van der Waals surface area (Å²) in [6.07, 6.45) is 1.57. The van der Waals surface area contributed by atoms with Gasteiger partial charge >= 0.3 is 0 Å². The van der Waals surface area contributed by atoms with Crippen molar-refractivity contribution in [3.05, 3.63) is 30.1 Å². The molecule has 2 rings (SSSR count). The van der Waals surface area contributed by atoms with Crippen molar-refractivity contribution in [1.82, 2.24) is 20.6 Å². The van der Waals surface area contributed by atoms with Crippen molar-refractivity contribution in [2.75, 3.05) is 6.54 Å². The molecule has 0 saturated heterocycles. The third kappa shape index (κ3) is 3.57. The topological polar surface area (TPSA) is 86.9 Å². The van der Waals surface area contributed by atoms with Gasteiger partial charge in [-0.25, -0.2) is 4.98 Å². The first-order chi connectivity index (χ1) is 9.35. The number of nitrogens with zero attached hydrogens (tertiary/aromatic N) is 1. The van der Waals surface area contributed by atoms with E-state index in [1.165, 1.54) is 0 Å². The lowest BCUT2D eigenvalue weighted by molar-refractivity contribution is -0.121. The molecule has 1 aromatic carbocycles. The van der Waals surface area contributed by atoms with Crippen LogP contribution in [0.25, 0.3) is 11.0 Å². The lowest BCUT2D eigenvalue weighted by Gasteiger charge is -2.20. The van der Waals surface area contributed by atoms with E-state index in [9.17, 15) is 9.59 Å². The Hall–Kier alpha value is -2.37. The van der Waals surface area contributed by atoms with Crippen molar-refractivity contribution in [3.8, 4) is 0 Å². The fourth-order valence-electron chi connectivity index (χ4n) is 1.80. The second kappa shape index (κ2) is 5.32. The number of hydrogen-bond acceptors (Lipinski definition) is 3. The normalized spacial score (nSPS) is 11.3. The molecule has 0 unspecified atom stereocenters. The highest BCUT2D eigenvalue weighted by molar-refractivity contribution is 5.98. The van der Waals surface area contributed by atoms with Crippen LogP contribution in [0.2, 0.25) is 0 Å². The smallest absolute Gasteiger partial charge is 0.251 e. The van der Waals surface area contributed by atoms with Gasteiger partial charge in [0.25, 0.3) is 5.91 Å². The Labute approximate surface area is 117 Å². The second-order valence-corrected chi connectivity index (χ2v) is 5.62. The standard InChI is InChI=1S/C14H18N4O2/c1-14(2,3)18-12(19)7-15-13(20)9-4-5-10-11(6-9)17-8-16-10/h4-6,8H,7H2,1-3H3,(H,15,20)(H,16,17)(H,18,19). The molecular weight excluding hydrogens is 256 g/mol. The van der Waals surface area contributed by atoms with E-state index in [2.05, 4.69) is 20.6 Å². The van der Waals surface area contributed by atoms with Crippen LogP contribution in [-0.4, -0.2) is 33.9 Å². The molecule has 0 atom stereocenters. The Kier molecular flexibility index (Phi) is 3.74. The summed E-state index contributed by atoms with van der Waals surface area (Å²) in [5, 5.41) is 5.37. The number of carbonyl (C=O) groups is 2. The molecule has 0 radical (unpaired) electrons. The van der Waals surface area contributed by atoms with E-state index >= 15 is 0 Å². The molecule has 1 aromatic heterocycles. The number of aromatic amines is 1. The van der Waals surface area contributed by atoms with Crippen molar-refractivity contribution >= 4 is 22.8 Å². The first-order valence-corrected chi connectivity index (χ1v) is 6.37. The van der Waals surface area contributed by atoms with Crippen LogP contribution in [0.1, 0.15) is 31.1 Å². The lowest BCUT2D eigenvalue weighted by atomic mass is 10.1. The molecular formula is C14H18N4O2. The van der Waals surface area contributed by atoms with Gasteiger partial charge in [0.05, 0.1) is 23.9 Å². The van der Waals surface area contributed by atoms with E-state index in [1.54, 1.807) is 24.5 Å². The van der Waals surface area contributed by atoms with Gasteiger partial charge in [0.15, 0.2) is 0 Å². The molecule has 3 N–H and O–H groups in total. The van der Waals surface area contributed by atoms with Gasteiger partial charge in [-0.1, -0.05) is 0 Å². The molecule has 2 aromatic rings. The zero-order valence-electron chi connectivity index (χ0n) is 11.8. The number of benzene rings is 1. The summed E-state index contributed by atoms with van der Waals surface area (Å²) in [5.41, 5.74) is 1.77. The van der Waals surface area contributed by atoms with Gasteiger partial charge in [0.1, 0.15) is 0 Å². The molecule has 1 heterocycles. The Morgan fingerprint density at radius 1 is 1.30 bits per heavy atom. The van der Waals surface area contributed by atoms with E-state index < -0.39 is 0 Å². The molecule has 2 amide bonds. The number of carbonyl (C=O) groups excluding carboxylic acids is 2. The predicted molar refractivity (Wildman–Crippen MR) is 76.3 cm³/mol. The Morgan fingerprint density at radius 2 is 2.05 bits per heavy atom. The molecule has 0 aliphatic heterocycles. The molecule has 0 bridgehead atoms. The quantitative estimate of drug-likeness (QED) is 0.786. The van der Waals surface area contributed by atoms with Crippen molar-refractivity contribution in [3.63, 3.8) is 0 Å². The zero-order chi connectivity index (χ0) is 14.8. The second-order valence-electron chi connectivity index (χ2n) is 5.62. The summed E-state index contributed by atoms with van der Waals surface area (Å²) in [6.45, 7) is 5.62. The minimum absolute atomic E-state index is 0.0445. The van der Waals surface area contributed by atoms with Crippen molar-refractivity contribution in [2.24, 2.45) is 0 Å². The first-order valence-electron chi connectivity index (χ1n) is 6.37. The highest BCUT2D eigenvalue weighted by Crippen LogP contribution is 2.11. The Morgan fingerprint density at radius 3 is 2.75 bits per heavy atom. The molecule has 0 saturated carbocycles. The molecule has 0 spiro atoms. The Bertz CT molecular complexity index is 640. The van der Waals surface area contributed by atoms with E-state index in [0.717, 1.165) is 11.0 Å². The lowest BCUT2D eigenvalue weighted by Crippen LogP contribution is -2.45. The summed E-state index contributed by atoms with van der Waals surface area (Å²) in [4.78, 5) is 30.6. The molecule has 0 aliphatic carbocycles. The summed E-state index contributed by atoms with van der Waals surface area (Å²) >= 11 is 0. The minimum atomic E-state index is -0.309. The number of amides is 2. The van der Waals surface area contributed by atoms with Gasteiger partial charge in [-0.2, -0.15) is 0 Å².